The molecule has 0 spiro atoms. The minimum atomic E-state index is -0.220. The molecule has 2 aromatic rings. The second-order valence-corrected chi connectivity index (χ2v) is 8.65. The van der Waals surface area contributed by atoms with Gasteiger partial charge >= 0.3 is 0 Å². The Bertz CT molecular complexity index is 792. The van der Waals surface area contributed by atoms with Crippen LogP contribution in [0.5, 0.6) is 0 Å². The summed E-state index contributed by atoms with van der Waals surface area (Å²) in [6, 6.07) is 7.52. The van der Waals surface area contributed by atoms with Crippen molar-refractivity contribution in [1.82, 2.24) is 20.4 Å². The van der Waals surface area contributed by atoms with Crippen molar-refractivity contribution in [1.29, 1.82) is 0 Å². The number of rotatable bonds is 5. The molecule has 7 heteroatoms. The zero-order valence-electron chi connectivity index (χ0n) is 16.8. The molecule has 1 unspecified atom stereocenters. The molecule has 5 nitrogen and oxygen atoms in total. The first kappa shape index (κ1) is 22.7. The summed E-state index contributed by atoms with van der Waals surface area (Å²) >= 11 is 6.38. The number of nitrogens with zero attached hydrogens (tertiary/aromatic N) is 2. The average molecular weight is 425 g/mol. The molecule has 2 N–H and O–H groups in total. The molecule has 3 rings (SSSR count). The molecular weight excluding hydrogens is 395 g/mol. The van der Waals surface area contributed by atoms with Gasteiger partial charge in [-0.1, -0.05) is 29.8 Å². The Morgan fingerprint density at radius 2 is 2.11 bits per heavy atom. The molecule has 0 bridgehead atoms. The second-order valence-electron chi connectivity index (χ2n) is 8.24. The molecule has 0 aliphatic carbocycles. The van der Waals surface area contributed by atoms with Crippen LogP contribution in [0.3, 0.4) is 0 Å². The van der Waals surface area contributed by atoms with Gasteiger partial charge in [-0.25, -0.2) is 0 Å². The molecule has 1 saturated heterocycles. The Morgan fingerprint density at radius 3 is 2.75 bits per heavy atom. The fourth-order valence-electron chi connectivity index (χ4n) is 3.39. The van der Waals surface area contributed by atoms with Gasteiger partial charge in [0.15, 0.2) is 0 Å². The summed E-state index contributed by atoms with van der Waals surface area (Å²) in [4.78, 5) is 12.9. The molecule has 1 atom stereocenters. The van der Waals surface area contributed by atoms with Gasteiger partial charge in [-0.05, 0) is 65.1 Å². The molecule has 0 radical (unpaired) electrons. The highest BCUT2D eigenvalue weighted by Crippen LogP contribution is 2.30. The lowest BCUT2D eigenvalue weighted by Crippen LogP contribution is -2.33. The molecule has 2 heterocycles. The van der Waals surface area contributed by atoms with E-state index in [1.807, 2.05) is 35.1 Å². The predicted molar refractivity (Wildman–Crippen MR) is 117 cm³/mol. The van der Waals surface area contributed by atoms with Crippen LogP contribution >= 0.6 is 24.0 Å². The number of piperidine rings is 1. The fraction of sp³-hybridized carbons (Fsp3) is 0.524. The summed E-state index contributed by atoms with van der Waals surface area (Å²) in [6.07, 6.45) is 5.27. The van der Waals surface area contributed by atoms with Gasteiger partial charge in [0.1, 0.15) is 5.69 Å². The zero-order chi connectivity index (χ0) is 19.4. The third kappa shape index (κ3) is 5.49. The standard InChI is InChI=1S/C21H29ClN4O.ClH/c1-21(2,3)26-14-17(19(25-26)16-8-4-5-9-18(16)22)20(27)24-12-10-15-7-6-11-23-13-15;/h4-5,8-9,14-15,23H,6-7,10-13H2,1-3H3,(H,24,27);1H. The molecule has 1 aromatic carbocycles. The lowest BCUT2D eigenvalue weighted by atomic mass is 9.96. The fourth-order valence-corrected chi connectivity index (χ4v) is 3.62. The lowest BCUT2D eigenvalue weighted by Gasteiger charge is -2.22. The Kier molecular flexibility index (Phi) is 7.93. The Hall–Kier alpha value is -1.56. The van der Waals surface area contributed by atoms with E-state index in [2.05, 4.69) is 31.4 Å². The summed E-state index contributed by atoms with van der Waals surface area (Å²) in [6.45, 7) is 9.02. The molecule has 1 aliphatic rings. The number of aromatic nitrogens is 2. The first-order valence-corrected chi connectivity index (χ1v) is 10.1. The average Bonchev–Trinajstić information content (AvgIpc) is 3.08. The van der Waals surface area contributed by atoms with Crippen molar-refractivity contribution >= 4 is 29.9 Å². The Morgan fingerprint density at radius 1 is 1.36 bits per heavy atom. The summed E-state index contributed by atoms with van der Waals surface area (Å²) in [5, 5.41) is 11.8. The zero-order valence-corrected chi connectivity index (χ0v) is 18.4. The third-order valence-corrected chi connectivity index (χ3v) is 5.34. The summed E-state index contributed by atoms with van der Waals surface area (Å²) < 4.78 is 1.84. The van der Waals surface area contributed by atoms with Gasteiger partial charge in [-0.3, -0.25) is 9.48 Å². The largest absolute Gasteiger partial charge is 0.352 e. The predicted octanol–water partition coefficient (Wildman–Crippen LogP) is 4.50. The highest BCUT2D eigenvalue weighted by Gasteiger charge is 2.24. The van der Waals surface area contributed by atoms with Crippen molar-refractivity contribution in [3.8, 4) is 11.3 Å². The van der Waals surface area contributed by atoms with E-state index in [-0.39, 0.29) is 23.9 Å². The Labute approximate surface area is 178 Å². The maximum atomic E-state index is 12.9. The van der Waals surface area contributed by atoms with Crippen LogP contribution in [-0.2, 0) is 5.54 Å². The van der Waals surface area contributed by atoms with Gasteiger partial charge in [0, 0.05) is 18.3 Å². The monoisotopic (exact) mass is 424 g/mol. The molecular formula is C21H30Cl2N4O. The van der Waals surface area contributed by atoms with Gasteiger partial charge in [-0.2, -0.15) is 5.10 Å². The summed E-state index contributed by atoms with van der Waals surface area (Å²) in [5.41, 5.74) is 1.76. The van der Waals surface area contributed by atoms with Gasteiger partial charge in [-0.15, -0.1) is 12.4 Å². The van der Waals surface area contributed by atoms with Crippen LogP contribution in [0.1, 0.15) is 50.4 Å². The molecule has 0 saturated carbocycles. The molecule has 154 valence electrons. The summed E-state index contributed by atoms with van der Waals surface area (Å²) in [5.74, 6) is 0.545. The van der Waals surface area contributed by atoms with Gasteiger partial charge in [0.05, 0.1) is 16.1 Å². The minimum Gasteiger partial charge on any atom is -0.352 e. The van der Waals surface area contributed by atoms with Crippen molar-refractivity contribution in [3.63, 3.8) is 0 Å². The van der Waals surface area contributed by atoms with Crippen molar-refractivity contribution in [2.24, 2.45) is 5.92 Å². The number of hydrogen-bond acceptors (Lipinski definition) is 3. The van der Waals surface area contributed by atoms with E-state index in [1.165, 1.54) is 12.8 Å². The van der Waals surface area contributed by atoms with Crippen molar-refractivity contribution in [3.05, 3.63) is 41.0 Å². The maximum Gasteiger partial charge on any atom is 0.255 e. The minimum absolute atomic E-state index is 0. The Balaban J connectivity index is 0.00000280. The number of carbonyl (C=O) groups is 1. The van der Waals surface area contributed by atoms with Crippen molar-refractivity contribution in [2.75, 3.05) is 19.6 Å². The number of halogens is 2. The first-order valence-electron chi connectivity index (χ1n) is 9.70. The molecule has 1 aromatic heterocycles. The van der Waals surface area contributed by atoms with Crippen LogP contribution in [0.25, 0.3) is 11.3 Å². The normalized spacial score (nSPS) is 17.1. The van der Waals surface area contributed by atoms with E-state index in [1.54, 1.807) is 0 Å². The number of hydrogen-bond donors (Lipinski definition) is 2. The lowest BCUT2D eigenvalue weighted by molar-refractivity contribution is 0.0951. The third-order valence-electron chi connectivity index (χ3n) is 5.01. The van der Waals surface area contributed by atoms with Crippen LogP contribution < -0.4 is 10.6 Å². The number of amides is 1. The molecule has 28 heavy (non-hydrogen) atoms. The smallest absolute Gasteiger partial charge is 0.255 e. The SMILES string of the molecule is CC(C)(C)n1cc(C(=O)NCCC2CCCNC2)c(-c2ccccc2Cl)n1.Cl. The number of nitrogens with one attached hydrogen (secondary N) is 2. The molecule has 1 aliphatic heterocycles. The van der Waals surface area contributed by atoms with Gasteiger partial charge in [0.25, 0.3) is 5.91 Å². The van der Waals surface area contributed by atoms with Crippen molar-refractivity contribution < 1.29 is 4.79 Å². The molecule has 1 fully saturated rings. The maximum absolute atomic E-state index is 12.9. The van der Waals surface area contributed by atoms with Crippen LogP contribution in [0, 0.1) is 5.92 Å². The highest BCUT2D eigenvalue weighted by atomic mass is 35.5. The highest BCUT2D eigenvalue weighted by molar-refractivity contribution is 6.33. The van der Waals surface area contributed by atoms with Crippen LogP contribution in [-0.4, -0.2) is 35.3 Å². The van der Waals surface area contributed by atoms with Crippen LogP contribution in [0.15, 0.2) is 30.5 Å². The van der Waals surface area contributed by atoms with E-state index in [0.717, 1.165) is 25.1 Å². The quantitative estimate of drug-likeness (QED) is 0.742. The second kappa shape index (κ2) is 9.77. The van der Waals surface area contributed by atoms with E-state index in [9.17, 15) is 4.79 Å². The summed E-state index contributed by atoms with van der Waals surface area (Å²) in [7, 11) is 0. The van der Waals surface area contributed by atoms with Crippen LogP contribution in [0.4, 0.5) is 0 Å². The van der Waals surface area contributed by atoms with Crippen LogP contribution in [0.2, 0.25) is 5.02 Å². The first-order chi connectivity index (χ1) is 12.9. The number of carbonyl (C=O) groups excluding carboxylic acids is 1. The van der Waals surface area contributed by atoms with Crippen molar-refractivity contribution in [2.45, 2.75) is 45.6 Å². The van der Waals surface area contributed by atoms with E-state index in [0.29, 0.717) is 28.7 Å². The van der Waals surface area contributed by atoms with E-state index in [4.69, 9.17) is 16.7 Å². The van der Waals surface area contributed by atoms with Gasteiger partial charge < -0.3 is 10.6 Å². The number of benzene rings is 1. The molecule has 1 amide bonds. The van der Waals surface area contributed by atoms with E-state index < -0.39 is 0 Å². The van der Waals surface area contributed by atoms with Gasteiger partial charge in [0.2, 0.25) is 0 Å². The topological polar surface area (TPSA) is 59.0 Å². The van der Waals surface area contributed by atoms with E-state index >= 15 is 0 Å².